The van der Waals surface area contributed by atoms with Crippen LogP contribution in [0.2, 0.25) is 5.02 Å². The van der Waals surface area contributed by atoms with Gasteiger partial charge in [-0.1, -0.05) is 48.0 Å². The molecular formula is C29H27ClFN5O7S3. The van der Waals surface area contributed by atoms with Gasteiger partial charge in [0.1, 0.15) is 16.4 Å². The smallest absolute Gasteiger partial charge is 0.422 e. The molecule has 0 saturated heterocycles. The highest BCUT2D eigenvalue weighted by Crippen LogP contribution is 2.38. The molecule has 1 atom stereocenters. The molecule has 5 rings (SSSR count). The van der Waals surface area contributed by atoms with Crippen LogP contribution in [0.1, 0.15) is 48.4 Å². The van der Waals surface area contributed by atoms with Gasteiger partial charge in [0.15, 0.2) is 15.1 Å². The van der Waals surface area contributed by atoms with Gasteiger partial charge in [0.2, 0.25) is 11.8 Å². The summed E-state index contributed by atoms with van der Waals surface area (Å²) in [6.45, 7) is 4.15. The van der Waals surface area contributed by atoms with Crippen molar-refractivity contribution in [3.63, 3.8) is 0 Å². The van der Waals surface area contributed by atoms with E-state index in [1.54, 1.807) is 80.1 Å². The lowest BCUT2D eigenvalue weighted by Gasteiger charge is -2.19. The van der Waals surface area contributed by atoms with E-state index in [1.807, 2.05) is 0 Å². The Balaban J connectivity index is 1.46. The van der Waals surface area contributed by atoms with Crippen molar-refractivity contribution in [3.05, 3.63) is 99.9 Å². The number of benzene rings is 3. The van der Waals surface area contributed by atoms with Crippen LogP contribution in [0, 0.1) is 5.82 Å². The minimum Gasteiger partial charge on any atom is -0.443 e. The van der Waals surface area contributed by atoms with E-state index >= 15 is 0 Å². The SMILES string of the molecule is CC(C)(C)OC(=O)NS(=O)(=O)NCc1nnc(C(c2nc3ccc(-c4cc(F)cc(Cl)c4)cc3s2)S(=O)(=O)Cc2ccccc2)o1. The fourth-order valence-corrected chi connectivity index (χ4v) is 8.32. The molecule has 1 amide bonds. The number of ether oxygens (including phenoxy) is 1. The Bertz CT molecular complexity index is 2100. The standard InChI is InChI=1S/C29H27ClFN5O7S3/c1-29(2,3)43-28(37)36-46(40,41)32-15-24-34-35-26(42-24)25(45(38,39)16-17-7-5-4-6-8-17)27-33-22-10-9-18(13-23(22)44-27)19-11-20(30)14-21(31)12-19/h4-14,25,32H,15-16H2,1-3H3,(H,36,37). The van der Waals surface area contributed by atoms with Gasteiger partial charge in [-0.3, -0.25) is 0 Å². The fourth-order valence-electron chi connectivity index (χ4n) is 4.30. The van der Waals surface area contributed by atoms with Gasteiger partial charge in [0.05, 0.1) is 22.5 Å². The van der Waals surface area contributed by atoms with Crippen molar-refractivity contribution in [2.75, 3.05) is 0 Å². The first kappa shape index (κ1) is 33.4. The van der Waals surface area contributed by atoms with Crippen LogP contribution >= 0.6 is 22.9 Å². The second-order valence-electron chi connectivity index (χ2n) is 11.0. The predicted octanol–water partition coefficient (Wildman–Crippen LogP) is 5.70. The van der Waals surface area contributed by atoms with Gasteiger partial charge in [-0.25, -0.2) is 27.3 Å². The molecule has 5 aromatic rings. The molecule has 2 N–H and O–H groups in total. The number of carbonyl (C=O) groups excluding carboxylic acids is 1. The van der Waals surface area contributed by atoms with Gasteiger partial charge in [0, 0.05) is 5.02 Å². The average Bonchev–Trinajstić information content (AvgIpc) is 3.57. The summed E-state index contributed by atoms with van der Waals surface area (Å²) in [6, 6.07) is 17.8. The highest BCUT2D eigenvalue weighted by atomic mass is 35.5. The summed E-state index contributed by atoms with van der Waals surface area (Å²) >= 11 is 7.12. The van der Waals surface area contributed by atoms with Gasteiger partial charge >= 0.3 is 16.3 Å². The predicted molar refractivity (Wildman–Crippen MR) is 170 cm³/mol. The van der Waals surface area contributed by atoms with Crippen LogP contribution in [0.15, 0.2) is 71.1 Å². The second-order valence-corrected chi connectivity index (χ2v) is 16.1. The van der Waals surface area contributed by atoms with Crippen LogP contribution < -0.4 is 9.44 Å². The van der Waals surface area contributed by atoms with Crippen molar-refractivity contribution in [1.29, 1.82) is 0 Å². The van der Waals surface area contributed by atoms with Crippen molar-refractivity contribution >= 4 is 59.3 Å². The Kier molecular flexibility index (Phi) is 9.47. The van der Waals surface area contributed by atoms with E-state index in [2.05, 4.69) is 19.9 Å². The summed E-state index contributed by atoms with van der Waals surface area (Å²) in [6.07, 6.45) is -1.20. The van der Waals surface area contributed by atoms with Crippen LogP contribution in [-0.4, -0.2) is 43.7 Å². The summed E-state index contributed by atoms with van der Waals surface area (Å²) in [5.41, 5.74) is 1.23. The van der Waals surface area contributed by atoms with Crippen molar-refractivity contribution < 1.29 is 35.2 Å². The molecule has 12 nitrogen and oxygen atoms in total. The first-order valence-corrected chi connectivity index (χ1v) is 17.9. The Morgan fingerprint density at radius 1 is 1.02 bits per heavy atom. The molecule has 0 spiro atoms. The number of hydrogen-bond acceptors (Lipinski definition) is 11. The Morgan fingerprint density at radius 3 is 2.46 bits per heavy atom. The maximum Gasteiger partial charge on any atom is 0.422 e. The summed E-state index contributed by atoms with van der Waals surface area (Å²) in [4.78, 5) is 16.5. The highest BCUT2D eigenvalue weighted by molar-refractivity contribution is 7.91. The number of rotatable bonds is 10. The number of sulfone groups is 1. The Hall–Kier alpha value is -3.96. The van der Waals surface area contributed by atoms with Crippen molar-refractivity contribution in [1.82, 2.24) is 24.6 Å². The Labute approximate surface area is 273 Å². The zero-order chi connectivity index (χ0) is 33.3. The summed E-state index contributed by atoms with van der Waals surface area (Å²) < 4.78 is 81.5. The molecule has 0 fully saturated rings. The third kappa shape index (κ3) is 8.44. The van der Waals surface area contributed by atoms with Gasteiger partial charge in [0.25, 0.3) is 0 Å². The lowest BCUT2D eigenvalue weighted by Crippen LogP contribution is -2.42. The molecule has 17 heteroatoms. The second kappa shape index (κ2) is 13.0. The number of hydrogen-bond donors (Lipinski definition) is 2. The number of thiazole rings is 1. The molecule has 1 unspecified atom stereocenters. The number of amides is 1. The quantitative estimate of drug-likeness (QED) is 0.183. The molecule has 0 aliphatic heterocycles. The van der Waals surface area contributed by atoms with Gasteiger partial charge in [-0.05, 0) is 67.8 Å². The molecule has 0 saturated carbocycles. The summed E-state index contributed by atoms with van der Waals surface area (Å²) in [5, 5.41) is 6.61. The zero-order valence-corrected chi connectivity index (χ0v) is 27.7. The zero-order valence-electron chi connectivity index (χ0n) is 24.5. The number of aromatic nitrogens is 3. The monoisotopic (exact) mass is 707 g/mol. The lowest BCUT2D eigenvalue weighted by molar-refractivity contribution is 0.0569. The molecular weight excluding hydrogens is 681 g/mol. The van der Waals surface area contributed by atoms with Crippen molar-refractivity contribution in [2.45, 2.75) is 43.9 Å². The molecule has 242 valence electrons. The van der Waals surface area contributed by atoms with Crippen molar-refractivity contribution in [2.24, 2.45) is 0 Å². The molecule has 2 aromatic heterocycles. The van der Waals surface area contributed by atoms with E-state index in [4.69, 9.17) is 20.8 Å². The van der Waals surface area contributed by atoms with Crippen LogP contribution in [0.4, 0.5) is 9.18 Å². The third-order valence-corrected chi connectivity index (χ3v) is 10.4. The largest absolute Gasteiger partial charge is 0.443 e. The van der Waals surface area contributed by atoms with E-state index in [-0.39, 0.29) is 27.6 Å². The van der Waals surface area contributed by atoms with Crippen LogP contribution in [0.3, 0.4) is 0 Å². The highest BCUT2D eigenvalue weighted by Gasteiger charge is 2.37. The molecule has 2 heterocycles. The van der Waals surface area contributed by atoms with E-state index in [0.717, 1.165) is 11.3 Å². The molecule has 0 radical (unpaired) electrons. The molecule has 46 heavy (non-hydrogen) atoms. The van der Waals surface area contributed by atoms with E-state index in [1.165, 1.54) is 12.1 Å². The van der Waals surface area contributed by atoms with E-state index < -0.39 is 49.4 Å². The number of nitrogens with zero attached hydrogens (tertiary/aromatic N) is 3. The van der Waals surface area contributed by atoms with Crippen molar-refractivity contribution in [3.8, 4) is 11.1 Å². The minimum atomic E-state index is -4.40. The number of carbonyl (C=O) groups is 1. The maximum atomic E-state index is 14.0. The summed E-state index contributed by atoms with van der Waals surface area (Å²) in [7, 11) is -8.49. The number of halogens is 2. The van der Waals surface area contributed by atoms with E-state index in [9.17, 15) is 26.0 Å². The third-order valence-electron chi connectivity index (χ3n) is 6.13. The molecule has 0 bridgehead atoms. The van der Waals surface area contributed by atoms with Gasteiger partial charge < -0.3 is 9.15 Å². The molecule has 3 aromatic carbocycles. The normalized spacial score (nSPS) is 13.1. The first-order chi connectivity index (χ1) is 21.6. The average molecular weight is 708 g/mol. The van der Waals surface area contributed by atoms with E-state index in [0.29, 0.717) is 26.9 Å². The van der Waals surface area contributed by atoms with Crippen LogP contribution in [0.25, 0.3) is 21.3 Å². The topological polar surface area (TPSA) is 170 Å². The summed E-state index contributed by atoms with van der Waals surface area (Å²) in [5.74, 6) is -1.49. The number of fused-ring (bicyclic) bond motifs is 1. The van der Waals surface area contributed by atoms with Gasteiger partial charge in [-0.15, -0.1) is 21.5 Å². The molecule has 0 aliphatic rings. The fraction of sp³-hybridized carbons (Fsp3) is 0.241. The first-order valence-electron chi connectivity index (χ1n) is 13.5. The van der Waals surface area contributed by atoms with Crippen LogP contribution in [0.5, 0.6) is 0 Å². The molecule has 0 aliphatic carbocycles. The lowest BCUT2D eigenvalue weighted by atomic mass is 10.1. The van der Waals surface area contributed by atoms with Crippen LogP contribution in [-0.2, 0) is 37.1 Å². The Morgan fingerprint density at radius 2 is 1.76 bits per heavy atom. The number of nitrogens with one attached hydrogen (secondary N) is 2. The minimum absolute atomic E-state index is 0.128. The van der Waals surface area contributed by atoms with Gasteiger partial charge in [-0.2, -0.15) is 13.1 Å². The maximum absolute atomic E-state index is 14.0.